The summed E-state index contributed by atoms with van der Waals surface area (Å²) in [5, 5.41) is 8.26. The fourth-order valence-corrected chi connectivity index (χ4v) is 2.71. The number of benzene rings is 2. The molecule has 2 radical (unpaired) electrons. The van der Waals surface area contributed by atoms with Gasteiger partial charge in [-0.2, -0.15) is 31.6 Å². The van der Waals surface area contributed by atoms with Crippen LogP contribution in [0.5, 0.6) is 0 Å². The number of hydrogen-bond donors (Lipinski definition) is 0. The topological polar surface area (TPSA) is 41.6 Å². The number of alkyl halides is 6. The lowest BCUT2D eigenvalue weighted by molar-refractivity contribution is -0.138. The van der Waals surface area contributed by atoms with Crippen molar-refractivity contribution in [3.63, 3.8) is 0 Å². The van der Waals surface area contributed by atoms with Gasteiger partial charge in [-0.1, -0.05) is 24.3 Å². The minimum Gasteiger partial charge on any atom is -0.321 e. The second-order valence-corrected chi connectivity index (χ2v) is 6.56. The maximum absolute atomic E-state index is 12.8. The van der Waals surface area contributed by atoms with Gasteiger partial charge < -0.3 is 4.57 Å². The van der Waals surface area contributed by atoms with Gasteiger partial charge in [-0.3, -0.25) is 0 Å². The molecule has 32 heavy (non-hydrogen) atoms. The average molecular weight is 447 g/mol. The van der Waals surface area contributed by atoms with E-state index in [9.17, 15) is 26.3 Å². The van der Waals surface area contributed by atoms with Crippen molar-refractivity contribution in [2.45, 2.75) is 25.8 Å². The molecule has 0 aliphatic rings. The maximum Gasteiger partial charge on any atom is 0.416 e. The zero-order valence-electron chi connectivity index (χ0n) is 16.7. The lowest BCUT2D eigenvalue weighted by Crippen LogP contribution is -2.06. The molecular formula is C22H16BF6N3. The molecule has 0 atom stereocenters. The largest absolute Gasteiger partial charge is 0.416 e. The minimum absolute atomic E-state index is 0.0849. The molecule has 0 aliphatic heterocycles. The smallest absolute Gasteiger partial charge is 0.321 e. The molecule has 3 aromatic rings. The Bertz CT molecular complexity index is 1060. The molecule has 3 nitrogen and oxygen atoms in total. The number of nitrogens with zero attached hydrogens (tertiary/aromatic N) is 3. The lowest BCUT2D eigenvalue weighted by atomic mass is 9.90. The van der Waals surface area contributed by atoms with E-state index in [1.165, 1.54) is 24.3 Å². The first-order valence-corrected chi connectivity index (χ1v) is 9.08. The van der Waals surface area contributed by atoms with Gasteiger partial charge in [0.25, 0.3) is 0 Å². The van der Waals surface area contributed by atoms with Crippen molar-refractivity contribution in [1.82, 2.24) is 9.55 Å². The average Bonchev–Trinajstić information content (AvgIpc) is 3.13. The minimum atomic E-state index is -4.55. The molecule has 0 saturated heterocycles. The molecule has 1 aromatic heterocycles. The summed E-state index contributed by atoms with van der Waals surface area (Å²) in [7, 11) is 5.43. The van der Waals surface area contributed by atoms with Crippen molar-refractivity contribution in [3.8, 4) is 6.07 Å². The third-order valence-corrected chi connectivity index (χ3v) is 4.33. The highest BCUT2D eigenvalue weighted by Gasteiger charge is 2.32. The Balaban J connectivity index is 0.000000336. The van der Waals surface area contributed by atoms with Crippen LogP contribution in [0.2, 0.25) is 0 Å². The van der Waals surface area contributed by atoms with Gasteiger partial charge in [-0.15, -0.1) is 5.98 Å². The van der Waals surface area contributed by atoms with Crippen LogP contribution in [0.15, 0.2) is 67.0 Å². The van der Waals surface area contributed by atoms with Gasteiger partial charge >= 0.3 is 12.4 Å². The van der Waals surface area contributed by atoms with Crippen molar-refractivity contribution >= 4 is 13.4 Å². The highest BCUT2D eigenvalue weighted by atomic mass is 19.4. The summed E-state index contributed by atoms with van der Waals surface area (Å²) < 4.78 is 78.3. The molecule has 0 fully saturated rings. The number of nitriles is 1. The Morgan fingerprint density at radius 3 is 1.84 bits per heavy atom. The van der Waals surface area contributed by atoms with Crippen LogP contribution in [0, 0.1) is 18.3 Å². The number of aryl methyl sites for hydroxylation is 1. The Kier molecular flexibility index (Phi) is 7.92. The molecule has 0 N–H and O–H groups in total. The molecule has 3 rings (SSSR count). The third kappa shape index (κ3) is 6.51. The predicted molar refractivity (Wildman–Crippen MR) is 108 cm³/mol. The molecule has 164 valence electrons. The van der Waals surface area contributed by atoms with Crippen LogP contribution in [0.4, 0.5) is 26.3 Å². The van der Waals surface area contributed by atoms with E-state index in [4.69, 9.17) is 13.1 Å². The fraction of sp³-hybridized carbons (Fsp3) is 0.182. The maximum atomic E-state index is 12.8. The van der Waals surface area contributed by atoms with Crippen molar-refractivity contribution in [1.29, 1.82) is 5.26 Å². The van der Waals surface area contributed by atoms with Crippen LogP contribution in [0.1, 0.15) is 27.9 Å². The highest BCUT2D eigenvalue weighted by Crippen LogP contribution is 2.34. The lowest BCUT2D eigenvalue weighted by Gasteiger charge is -2.14. The van der Waals surface area contributed by atoms with Crippen LogP contribution in [-0.2, 0) is 18.9 Å². The van der Waals surface area contributed by atoms with Crippen LogP contribution in [-0.4, -0.2) is 17.4 Å². The van der Waals surface area contributed by atoms with Crippen LogP contribution in [0.25, 0.3) is 5.57 Å². The van der Waals surface area contributed by atoms with E-state index >= 15 is 0 Å². The molecule has 0 bridgehead atoms. The summed E-state index contributed by atoms with van der Waals surface area (Å²) in [5.41, 5.74) is -0.523. The van der Waals surface area contributed by atoms with Crippen LogP contribution in [0.3, 0.4) is 0 Å². The Morgan fingerprint density at radius 2 is 1.50 bits per heavy atom. The SMILES string of the molecule is Cc1cncn1CC#N.[B]C=C(c1cccc(C(F)(F)F)c1)c1cccc(C(F)(F)F)c1. The number of rotatable bonds is 3. The van der Waals surface area contributed by atoms with Crippen molar-refractivity contribution in [2.75, 3.05) is 0 Å². The molecule has 2 aromatic carbocycles. The summed E-state index contributed by atoms with van der Waals surface area (Å²) in [4.78, 5) is 3.85. The molecule has 0 aliphatic carbocycles. The summed E-state index contributed by atoms with van der Waals surface area (Å²) in [5.74, 6) is 0.991. The summed E-state index contributed by atoms with van der Waals surface area (Å²) in [6.45, 7) is 2.32. The van der Waals surface area contributed by atoms with Crippen molar-refractivity contribution < 1.29 is 26.3 Å². The number of imidazole rings is 1. The molecule has 0 spiro atoms. The summed E-state index contributed by atoms with van der Waals surface area (Å²) >= 11 is 0. The summed E-state index contributed by atoms with van der Waals surface area (Å²) in [6.07, 6.45) is -5.72. The summed E-state index contributed by atoms with van der Waals surface area (Å²) in [6, 6.07) is 10.5. The first kappa shape index (κ1) is 24.8. The first-order chi connectivity index (χ1) is 15.0. The molecule has 0 saturated carbocycles. The van der Waals surface area contributed by atoms with E-state index < -0.39 is 23.5 Å². The van der Waals surface area contributed by atoms with Crippen molar-refractivity contribution in [2.24, 2.45) is 0 Å². The Morgan fingerprint density at radius 1 is 1.00 bits per heavy atom. The fourth-order valence-electron chi connectivity index (χ4n) is 2.71. The molecular weight excluding hydrogens is 431 g/mol. The van der Waals surface area contributed by atoms with Gasteiger partial charge in [0.15, 0.2) is 0 Å². The number of halogens is 6. The van der Waals surface area contributed by atoms with Crippen LogP contribution < -0.4 is 0 Å². The van der Waals surface area contributed by atoms with Gasteiger partial charge in [0, 0.05) is 11.9 Å². The van der Waals surface area contributed by atoms with E-state index in [0.29, 0.717) is 6.54 Å². The first-order valence-electron chi connectivity index (χ1n) is 9.08. The van der Waals surface area contributed by atoms with Crippen molar-refractivity contribution in [3.05, 3.63) is 95.0 Å². The zero-order chi connectivity index (χ0) is 23.9. The van der Waals surface area contributed by atoms with Crippen LogP contribution >= 0.6 is 0 Å². The van der Waals surface area contributed by atoms with Gasteiger partial charge in [0.05, 0.1) is 23.5 Å². The van der Waals surface area contributed by atoms with Gasteiger partial charge in [0.2, 0.25) is 0 Å². The standard InChI is InChI=1S/C16H9BF6.C6H7N3/c17-9-14(10-3-1-5-12(7-10)15(18,19)20)11-4-2-6-13(8-11)16(21,22)23;1-6-4-8-5-9(6)3-2-7/h1-9H;4-5H,3H2,1H3. The number of aromatic nitrogens is 2. The van der Waals surface area contributed by atoms with E-state index in [0.717, 1.165) is 35.9 Å². The van der Waals surface area contributed by atoms with Gasteiger partial charge in [-0.05, 0) is 47.9 Å². The van der Waals surface area contributed by atoms with E-state index in [1.54, 1.807) is 17.1 Å². The monoisotopic (exact) mass is 447 g/mol. The van der Waals surface area contributed by atoms with E-state index in [1.807, 2.05) is 13.0 Å². The Hall–Kier alpha value is -3.48. The highest BCUT2D eigenvalue weighted by molar-refractivity contribution is 6.21. The van der Waals surface area contributed by atoms with E-state index in [2.05, 4.69) is 4.98 Å². The zero-order valence-corrected chi connectivity index (χ0v) is 16.7. The third-order valence-electron chi connectivity index (χ3n) is 4.33. The molecule has 10 heteroatoms. The predicted octanol–water partition coefficient (Wildman–Crippen LogP) is 6.00. The Labute approximate surface area is 182 Å². The second-order valence-electron chi connectivity index (χ2n) is 6.56. The van der Waals surface area contributed by atoms with Gasteiger partial charge in [-0.25, -0.2) is 4.98 Å². The normalized spacial score (nSPS) is 11.2. The second kappa shape index (κ2) is 10.2. The van der Waals surface area contributed by atoms with Gasteiger partial charge in [0.1, 0.15) is 14.4 Å². The molecule has 0 unspecified atom stereocenters. The molecule has 1 heterocycles. The van der Waals surface area contributed by atoms with E-state index in [-0.39, 0.29) is 16.7 Å². The quantitative estimate of drug-likeness (QED) is 0.365. The molecule has 0 amide bonds. The number of hydrogen-bond acceptors (Lipinski definition) is 2.